The topological polar surface area (TPSA) is 79.6 Å². The second-order valence-corrected chi connectivity index (χ2v) is 8.39. The quantitative estimate of drug-likeness (QED) is 0.410. The van der Waals surface area contributed by atoms with E-state index >= 15 is 0 Å². The zero-order valence-corrected chi connectivity index (χ0v) is 18.5. The van der Waals surface area contributed by atoms with Crippen LogP contribution in [-0.4, -0.2) is 35.0 Å². The summed E-state index contributed by atoms with van der Waals surface area (Å²) in [6.45, 7) is 1.83. The molecule has 3 heterocycles. The highest BCUT2D eigenvalue weighted by molar-refractivity contribution is 7.10. The van der Waals surface area contributed by atoms with Crippen molar-refractivity contribution in [3.8, 4) is 11.3 Å². The molecule has 0 saturated heterocycles. The molecular weight excluding hydrogens is 441 g/mol. The van der Waals surface area contributed by atoms with Gasteiger partial charge in [-0.15, -0.1) is 11.3 Å². The number of thiazole rings is 1. The van der Waals surface area contributed by atoms with Crippen LogP contribution in [-0.2, 0) is 0 Å². The Balaban J connectivity index is 1.71. The van der Waals surface area contributed by atoms with Crippen LogP contribution in [0.3, 0.4) is 0 Å². The van der Waals surface area contributed by atoms with Crippen molar-refractivity contribution in [1.82, 2.24) is 15.3 Å². The highest BCUT2D eigenvalue weighted by Crippen LogP contribution is 2.39. The number of nitrogens with zero attached hydrogens (tertiary/aromatic N) is 4. The zero-order valence-electron chi connectivity index (χ0n) is 16.1. The van der Waals surface area contributed by atoms with Gasteiger partial charge in [0, 0.05) is 35.5 Å². The van der Waals surface area contributed by atoms with Gasteiger partial charge in [-0.05, 0) is 18.6 Å². The number of aromatic nitrogens is 2. The van der Waals surface area contributed by atoms with Gasteiger partial charge in [-0.3, -0.25) is 4.99 Å². The van der Waals surface area contributed by atoms with Gasteiger partial charge in [0.05, 0.1) is 17.7 Å². The van der Waals surface area contributed by atoms with Gasteiger partial charge in [0.1, 0.15) is 15.3 Å². The molecule has 0 bridgehead atoms. The molecule has 0 spiro atoms. The number of benzene rings is 1. The van der Waals surface area contributed by atoms with Crippen LogP contribution in [0.4, 0.5) is 4.79 Å². The number of carbonyl (C=O) groups is 1. The summed E-state index contributed by atoms with van der Waals surface area (Å²) in [6.07, 6.45) is 1.80. The van der Waals surface area contributed by atoms with E-state index in [2.05, 4.69) is 20.3 Å². The maximum absolute atomic E-state index is 12.1. The number of rotatable bonds is 4. The predicted molar refractivity (Wildman–Crippen MR) is 122 cm³/mol. The van der Waals surface area contributed by atoms with Crippen LogP contribution < -0.4 is 5.32 Å². The van der Waals surface area contributed by atoms with E-state index < -0.39 is 12.1 Å². The van der Waals surface area contributed by atoms with Gasteiger partial charge in [0.15, 0.2) is 0 Å². The molecule has 1 aliphatic heterocycles. The lowest BCUT2D eigenvalue weighted by Crippen LogP contribution is -2.38. The maximum atomic E-state index is 12.1. The monoisotopic (exact) mass is 457 g/mol. The van der Waals surface area contributed by atoms with Crippen LogP contribution >= 0.6 is 34.5 Å². The first-order valence-electron chi connectivity index (χ1n) is 9.12. The van der Waals surface area contributed by atoms with E-state index in [1.54, 1.807) is 25.4 Å². The fourth-order valence-electron chi connectivity index (χ4n) is 3.41. The number of halogens is 2. The molecule has 2 atom stereocenters. The number of urea groups is 1. The Morgan fingerprint density at radius 2 is 1.90 bits per heavy atom. The summed E-state index contributed by atoms with van der Waals surface area (Å²) in [5, 5.41) is 6.28. The number of amides is 2. The Labute approximate surface area is 187 Å². The van der Waals surface area contributed by atoms with Crippen molar-refractivity contribution in [3.63, 3.8) is 0 Å². The van der Waals surface area contributed by atoms with Crippen LogP contribution in [0.5, 0.6) is 0 Å². The number of hydrogen-bond acceptors (Lipinski definition) is 5. The molecule has 1 N–H and O–H groups in total. The Morgan fingerprint density at radius 3 is 2.60 bits per heavy atom. The Morgan fingerprint density at radius 1 is 1.13 bits per heavy atom. The number of aliphatic imine (C=N–C) groups is 2. The van der Waals surface area contributed by atoms with Crippen molar-refractivity contribution in [3.05, 3.63) is 68.2 Å². The third kappa shape index (κ3) is 4.14. The molecule has 9 heteroatoms. The van der Waals surface area contributed by atoms with E-state index in [0.717, 1.165) is 21.8 Å². The van der Waals surface area contributed by atoms with Crippen molar-refractivity contribution in [2.24, 2.45) is 9.98 Å². The first kappa shape index (κ1) is 20.7. The summed E-state index contributed by atoms with van der Waals surface area (Å²) >= 11 is 13.8. The minimum Gasteiger partial charge on any atom is -0.328 e. The molecule has 152 valence electrons. The standard InChI is InChI=1S/C21H17Cl2N5OS/c1-11-17(18(28-21(29)25-11)14-7-8-16(22)27-19(14)23)20-26-15(10-30-20)13-5-3-12(4-6-13)9-24-2/h3-10,17-18H,1-2H3,(H,28,29). The summed E-state index contributed by atoms with van der Waals surface area (Å²) in [6, 6.07) is 10.6. The average Bonchev–Trinajstić information content (AvgIpc) is 3.18. The zero-order chi connectivity index (χ0) is 21.3. The lowest BCUT2D eigenvalue weighted by molar-refractivity contribution is 0.243. The highest BCUT2D eigenvalue weighted by atomic mass is 35.5. The number of carbonyl (C=O) groups excluding carboxylic acids is 1. The minimum absolute atomic E-state index is 0.248. The normalized spacial score (nSPS) is 19.1. The second kappa shape index (κ2) is 8.63. The molecule has 2 unspecified atom stereocenters. The van der Waals surface area contributed by atoms with Gasteiger partial charge >= 0.3 is 6.03 Å². The van der Waals surface area contributed by atoms with E-state index in [-0.39, 0.29) is 11.1 Å². The first-order valence-corrected chi connectivity index (χ1v) is 10.8. The molecule has 1 aliphatic rings. The largest absolute Gasteiger partial charge is 0.341 e. The van der Waals surface area contributed by atoms with E-state index in [1.165, 1.54) is 11.3 Å². The number of hydrogen-bond donors (Lipinski definition) is 1. The molecular formula is C21H17Cl2N5OS. The molecule has 6 nitrogen and oxygen atoms in total. The minimum atomic E-state index is -0.436. The number of pyridine rings is 1. The van der Waals surface area contributed by atoms with Crippen LogP contribution in [0.25, 0.3) is 11.3 Å². The molecule has 4 rings (SSSR count). The molecule has 0 radical (unpaired) electrons. The molecule has 0 saturated carbocycles. The first-order chi connectivity index (χ1) is 14.5. The van der Waals surface area contributed by atoms with Gasteiger partial charge < -0.3 is 5.32 Å². The molecule has 0 aliphatic carbocycles. The number of nitrogens with one attached hydrogen (secondary N) is 1. The SMILES string of the molecule is CN=Cc1ccc(-c2csc(C3C(C)=NC(=O)NC3c3ccc(Cl)nc3Cl)n2)cc1. The third-order valence-electron chi connectivity index (χ3n) is 4.79. The Bertz CT molecular complexity index is 1160. The summed E-state index contributed by atoms with van der Waals surface area (Å²) in [5.41, 5.74) is 4.24. The van der Waals surface area contributed by atoms with Crippen LogP contribution in [0, 0.1) is 0 Å². The van der Waals surface area contributed by atoms with Crippen LogP contribution in [0.2, 0.25) is 10.3 Å². The van der Waals surface area contributed by atoms with E-state index in [4.69, 9.17) is 28.2 Å². The Kier molecular flexibility index (Phi) is 5.94. The third-order valence-corrected chi connectivity index (χ3v) is 6.23. The van der Waals surface area contributed by atoms with Crippen molar-refractivity contribution in [2.75, 3.05) is 7.05 Å². The van der Waals surface area contributed by atoms with Crippen molar-refractivity contribution >= 4 is 52.5 Å². The van der Waals surface area contributed by atoms with E-state index in [9.17, 15) is 4.79 Å². The van der Waals surface area contributed by atoms with Gasteiger partial charge in [-0.1, -0.05) is 53.5 Å². The highest BCUT2D eigenvalue weighted by Gasteiger charge is 2.36. The summed E-state index contributed by atoms with van der Waals surface area (Å²) in [5.74, 6) is -0.256. The lowest BCUT2D eigenvalue weighted by Gasteiger charge is -2.30. The summed E-state index contributed by atoms with van der Waals surface area (Å²) < 4.78 is 0. The Hall–Kier alpha value is -2.61. The molecule has 3 aromatic rings. The molecule has 2 aromatic heterocycles. The molecule has 30 heavy (non-hydrogen) atoms. The fraction of sp³-hybridized carbons (Fsp3) is 0.190. The lowest BCUT2D eigenvalue weighted by atomic mass is 9.89. The van der Waals surface area contributed by atoms with Crippen LogP contribution in [0.15, 0.2) is 51.8 Å². The predicted octanol–water partition coefficient (Wildman–Crippen LogP) is 5.57. The summed E-state index contributed by atoms with van der Waals surface area (Å²) in [4.78, 5) is 29.2. The molecule has 2 amide bonds. The van der Waals surface area contributed by atoms with Gasteiger partial charge in [0.25, 0.3) is 0 Å². The summed E-state index contributed by atoms with van der Waals surface area (Å²) in [7, 11) is 1.74. The smallest absolute Gasteiger partial charge is 0.328 e. The van der Waals surface area contributed by atoms with Crippen molar-refractivity contribution < 1.29 is 4.79 Å². The van der Waals surface area contributed by atoms with E-state index in [0.29, 0.717) is 16.4 Å². The maximum Gasteiger partial charge on any atom is 0.341 e. The van der Waals surface area contributed by atoms with Crippen molar-refractivity contribution in [2.45, 2.75) is 18.9 Å². The van der Waals surface area contributed by atoms with Gasteiger partial charge in [-0.25, -0.2) is 19.8 Å². The van der Waals surface area contributed by atoms with Gasteiger partial charge in [0.2, 0.25) is 0 Å². The molecule has 0 fully saturated rings. The van der Waals surface area contributed by atoms with Crippen molar-refractivity contribution in [1.29, 1.82) is 0 Å². The van der Waals surface area contributed by atoms with E-state index in [1.807, 2.05) is 36.6 Å². The van der Waals surface area contributed by atoms with Crippen LogP contribution in [0.1, 0.15) is 35.0 Å². The average molecular weight is 458 g/mol. The second-order valence-electron chi connectivity index (χ2n) is 6.75. The fourth-order valence-corrected chi connectivity index (χ4v) is 4.89. The van der Waals surface area contributed by atoms with Gasteiger partial charge in [-0.2, -0.15) is 0 Å². The molecule has 1 aromatic carbocycles.